The summed E-state index contributed by atoms with van der Waals surface area (Å²) in [5, 5.41) is 12.7. The van der Waals surface area contributed by atoms with Gasteiger partial charge in [-0.15, -0.1) is 5.10 Å². The molecule has 0 unspecified atom stereocenters. The minimum Gasteiger partial charge on any atom is -0.337 e. The van der Waals surface area contributed by atoms with E-state index in [0.29, 0.717) is 18.7 Å². The topological polar surface area (TPSA) is 68.8 Å². The SMILES string of the molecule is CCn1nnc2cc(C(=O)N(C)Cc3cnn(Cc4ccccc4)c3)ccc21. The Morgan fingerprint density at radius 1 is 1.11 bits per heavy atom. The molecule has 4 aromatic rings. The summed E-state index contributed by atoms with van der Waals surface area (Å²) in [7, 11) is 1.80. The molecule has 0 radical (unpaired) electrons. The Morgan fingerprint density at radius 3 is 2.71 bits per heavy atom. The van der Waals surface area contributed by atoms with Gasteiger partial charge in [0, 0.05) is 37.5 Å². The first-order chi connectivity index (χ1) is 13.6. The van der Waals surface area contributed by atoms with E-state index in [-0.39, 0.29) is 5.91 Å². The maximum Gasteiger partial charge on any atom is 0.253 e. The summed E-state index contributed by atoms with van der Waals surface area (Å²) in [6.07, 6.45) is 3.79. The number of nitrogens with zero attached hydrogens (tertiary/aromatic N) is 6. The summed E-state index contributed by atoms with van der Waals surface area (Å²) < 4.78 is 3.70. The first-order valence-electron chi connectivity index (χ1n) is 9.28. The first-order valence-corrected chi connectivity index (χ1v) is 9.28. The third kappa shape index (κ3) is 3.64. The molecule has 28 heavy (non-hydrogen) atoms. The van der Waals surface area contributed by atoms with Crippen LogP contribution in [0.1, 0.15) is 28.4 Å². The number of aryl methyl sites for hydroxylation is 1. The molecule has 0 aliphatic carbocycles. The third-order valence-electron chi connectivity index (χ3n) is 4.70. The molecule has 0 saturated carbocycles. The van der Waals surface area contributed by atoms with E-state index in [2.05, 4.69) is 27.5 Å². The van der Waals surface area contributed by atoms with Gasteiger partial charge < -0.3 is 4.90 Å². The zero-order chi connectivity index (χ0) is 19.5. The number of hydrogen-bond acceptors (Lipinski definition) is 4. The molecule has 142 valence electrons. The average Bonchev–Trinajstić information content (AvgIpc) is 3.34. The number of rotatable bonds is 6. The summed E-state index contributed by atoms with van der Waals surface area (Å²) in [6, 6.07) is 15.7. The predicted octanol–water partition coefficient (Wildman–Crippen LogP) is 2.97. The molecule has 0 N–H and O–H groups in total. The molecule has 0 atom stereocenters. The molecule has 0 fully saturated rings. The number of aromatic nitrogens is 5. The number of amides is 1. The van der Waals surface area contributed by atoms with Crippen molar-refractivity contribution < 1.29 is 4.79 Å². The molecule has 0 bridgehead atoms. The van der Waals surface area contributed by atoms with Crippen molar-refractivity contribution in [2.45, 2.75) is 26.6 Å². The fraction of sp³-hybridized carbons (Fsp3) is 0.238. The maximum absolute atomic E-state index is 12.8. The second-order valence-corrected chi connectivity index (χ2v) is 6.80. The lowest BCUT2D eigenvalue weighted by molar-refractivity contribution is 0.0785. The normalized spacial score (nSPS) is 11.1. The van der Waals surface area contributed by atoms with Crippen LogP contribution < -0.4 is 0 Å². The standard InChI is InChI=1S/C21H22N6O/c1-3-27-20-10-9-18(11-19(20)23-24-27)21(28)25(2)13-17-12-22-26(15-17)14-16-7-5-4-6-8-16/h4-12,15H,3,13-14H2,1-2H3. The first kappa shape index (κ1) is 17.9. The Labute approximate surface area is 163 Å². The van der Waals surface area contributed by atoms with Gasteiger partial charge in [0.05, 0.1) is 18.3 Å². The molecule has 4 rings (SSSR count). The highest BCUT2D eigenvalue weighted by molar-refractivity contribution is 5.97. The number of fused-ring (bicyclic) bond motifs is 1. The Morgan fingerprint density at radius 2 is 1.93 bits per heavy atom. The lowest BCUT2D eigenvalue weighted by atomic mass is 10.1. The highest BCUT2D eigenvalue weighted by atomic mass is 16.2. The second-order valence-electron chi connectivity index (χ2n) is 6.80. The lowest BCUT2D eigenvalue weighted by Crippen LogP contribution is -2.26. The van der Waals surface area contributed by atoms with Gasteiger partial charge in [0.15, 0.2) is 0 Å². The van der Waals surface area contributed by atoms with Gasteiger partial charge in [-0.05, 0) is 30.7 Å². The van der Waals surface area contributed by atoms with E-state index in [9.17, 15) is 4.79 Å². The fourth-order valence-electron chi connectivity index (χ4n) is 3.25. The molecular weight excluding hydrogens is 352 g/mol. The van der Waals surface area contributed by atoms with E-state index >= 15 is 0 Å². The summed E-state index contributed by atoms with van der Waals surface area (Å²) in [6.45, 7) is 3.96. The minimum absolute atomic E-state index is 0.0521. The Bertz CT molecular complexity index is 1100. The van der Waals surface area contributed by atoms with Gasteiger partial charge in [0.1, 0.15) is 5.52 Å². The summed E-state index contributed by atoms with van der Waals surface area (Å²) in [5.74, 6) is -0.0521. The van der Waals surface area contributed by atoms with Gasteiger partial charge in [-0.2, -0.15) is 5.10 Å². The molecule has 0 aliphatic heterocycles. The molecule has 1 amide bonds. The van der Waals surface area contributed by atoms with E-state index < -0.39 is 0 Å². The van der Waals surface area contributed by atoms with Crippen molar-refractivity contribution in [2.24, 2.45) is 0 Å². The van der Waals surface area contributed by atoms with Gasteiger partial charge in [-0.3, -0.25) is 9.48 Å². The van der Waals surface area contributed by atoms with Crippen LogP contribution in [0.15, 0.2) is 60.9 Å². The Balaban J connectivity index is 1.44. The van der Waals surface area contributed by atoms with Crippen LogP contribution in [0.5, 0.6) is 0 Å². The van der Waals surface area contributed by atoms with Crippen molar-refractivity contribution in [1.29, 1.82) is 0 Å². The largest absolute Gasteiger partial charge is 0.337 e. The third-order valence-corrected chi connectivity index (χ3v) is 4.70. The van der Waals surface area contributed by atoms with Crippen LogP contribution in [-0.4, -0.2) is 42.6 Å². The second kappa shape index (κ2) is 7.64. The van der Waals surface area contributed by atoms with Gasteiger partial charge in [-0.1, -0.05) is 35.5 Å². The highest BCUT2D eigenvalue weighted by Gasteiger charge is 2.15. The zero-order valence-corrected chi connectivity index (χ0v) is 16.0. The summed E-state index contributed by atoms with van der Waals surface area (Å²) in [5.41, 5.74) is 4.45. The van der Waals surface area contributed by atoms with Crippen molar-refractivity contribution in [1.82, 2.24) is 29.7 Å². The van der Waals surface area contributed by atoms with Crippen LogP contribution >= 0.6 is 0 Å². The number of benzene rings is 2. The van der Waals surface area contributed by atoms with Crippen molar-refractivity contribution in [3.05, 3.63) is 77.6 Å². The van der Waals surface area contributed by atoms with Gasteiger partial charge in [-0.25, -0.2) is 4.68 Å². The van der Waals surface area contributed by atoms with Crippen LogP contribution in [0.25, 0.3) is 11.0 Å². The fourth-order valence-corrected chi connectivity index (χ4v) is 3.25. The molecule has 2 aromatic carbocycles. The van der Waals surface area contributed by atoms with Gasteiger partial charge >= 0.3 is 0 Å². The quantitative estimate of drug-likeness (QED) is 0.520. The Hall–Kier alpha value is -3.48. The van der Waals surface area contributed by atoms with Crippen molar-refractivity contribution in [2.75, 3.05) is 7.05 Å². The van der Waals surface area contributed by atoms with Crippen LogP contribution in [0.4, 0.5) is 0 Å². The van der Waals surface area contributed by atoms with E-state index in [1.165, 1.54) is 5.56 Å². The van der Waals surface area contributed by atoms with Gasteiger partial charge in [0.2, 0.25) is 0 Å². The molecule has 0 saturated heterocycles. The molecule has 2 aromatic heterocycles. The molecule has 2 heterocycles. The molecule has 0 aliphatic rings. The van der Waals surface area contributed by atoms with Crippen LogP contribution in [0, 0.1) is 0 Å². The number of carbonyl (C=O) groups is 1. The van der Waals surface area contributed by atoms with Crippen LogP contribution in [0.2, 0.25) is 0 Å². The summed E-state index contributed by atoms with van der Waals surface area (Å²) in [4.78, 5) is 14.5. The molecular formula is C21H22N6O. The lowest BCUT2D eigenvalue weighted by Gasteiger charge is -2.16. The van der Waals surface area contributed by atoms with E-state index in [1.54, 1.807) is 18.0 Å². The number of hydrogen-bond donors (Lipinski definition) is 0. The molecule has 0 spiro atoms. The molecule has 7 nitrogen and oxygen atoms in total. The van der Waals surface area contributed by atoms with Gasteiger partial charge in [0.25, 0.3) is 5.91 Å². The smallest absolute Gasteiger partial charge is 0.253 e. The minimum atomic E-state index is -0.0521. The van der Waals surface area contributed by atoms with Crippen LogP contribution in [-0.2, 0) is 19.6 Å². The summed E-state index contributed by atoms with van der Waals surface area (Å²) >= 11 is 0. The monoisotopic (exact) mass is 374 g/mol. The Kier molecular flexibility index (Phi) is 4.89. The van der Waals surface area contributed by atoms with E-state index in [4.69, 9.17) is 0 Å². The van der Waals surface area contributed by atoms with Crippen LogP contribution in [0.3, 0.4) is 0 Å². The average molecular weight is 374 g/mol. The van der Waals surface area contributed by atoms with Crippen molar-refractivity contribution in [3.63, 3.8) is 0 Å². The molecule has 7 heteroatoms. The highest BCUT2D eigenvalue weighted by Crippen LogP contribution is 2.16. The number of carbonyl (C=O) groups excluding carboxylic acids is 1. The van der Waals surface area contributed by atoms with E-state index in [1.807, 2.05) is 59.0 Å². The predicted molar refractivity (Wildman–Crippen MR) is 107 cm³/mol. The van der Waals surface area contributed by atoms with E-state index in [0.717, 1.165) is 23.1 Å². The maximum atomic E-state index is 12.8. The van der Waals surface area contributed by atoms with Crippen molar-refractivity contribution in [3.8, 4) is 0 Å². The van der Waals surface area contributed by atoms with Crippen molar-refractivity contribution >= 4 is 16.9 Å². The zero-order valence-electron chi connectivity index (χ0n) is 16.0.